The molecule has 0 N–H and O–H groups in total. The summed E-state index contributed by atoms with van der Waals surface area (Å²) < 4.78 is 5.86. The lowest BCUT2D eigenvalue weighted by Crippen LogP contribution is -2.35. The summed E-state index contributed by atoms with van der Waals surface area (Å²) >= 11 is 0. The first kappa shape index (κ1) is 17.0. The molecule has 1 nitrogen and oxygen atoms in total. The molecule has 0 aromatic heterocycles. The Labute approximate surface area is 109 Å². The molecule has 0 rings (SSSR count). The largest absolute Gasteiger partial charge is 0.378 e. The molecule has 1 atom stereocenters. The third-order valence-corrected chi connectivity index (χ3v) is 3.87. The molecule has 0 aromatic carbocycles. The second kappa shape index (κ2) is 9.94. The Morgan fingerprint density at radius 3 is 1.71 bits per heavy atom. The van der Waals surface area contributed by atoms with Gasteiger partial charge in [-0.15, -0.1) is 0 Å². The molecule has 1 radical (unpaired) electrons. The standard InChI is InChI=1S/C16H33O/c1-6-9-12-15(13-10-7-2)16(4,17-5)14-11-8-3/h6-14H2,1-5H3. The average molecular weight is 241 g/mol. The fourth-order valence-electron chi connectivity index (χ4n) is 2.37. The van der Waals surface area contributed by atoms with E-state index in [9.17, 15) is 0 Å². The van der Waals surface area contributed by atoms with Crippen LogP contribution in [-0.4, -0.2) is 12.7 Å². The summed E-state index contributed by atoms with van der Waals surface area (Å²) in [5.74, 6) is 1.65. The van der Waals surface area contributed by atoms with E-state index in [0.717, 1.165) is 0 Å². The summed E-state index contributed by atoms with van der Waals surface area (Å²) in [6, 6.07) is 0. The molecule has 0 aromatic rings. The summed E-state index contributed by atoms with van der Waals surface area (Å²) in [5.41, 5.74) is 0.0281. The van der Waals surface area contributed by atoms with E-state index in [4.69, 9.17) is 4.74 Å². The van der Waals surface area contributed by atoms with E-state index in [1.165, 1.54) is 57.8 Å². The van der Waals surface area contributed by atoms with Crippen molar-refractivity contribution in [2.75, 3.05) is 7.11 Å². The summed E-state index contributed by atoms with van der Waals surface area (Å²) in [6.45, 7) is 9.10. The molecular weight excluding hydrogens is 208 g/mol. The zero-order valence-electron chi connectivity index (χ0n) is 12.8. The molecule has 1 unspecified atom stereocenters. The maximum Gasteiger partial charge on any atom is 0.0713 e. The van der Waals surface area contributed by atoms with E-state index >= 15 is 0 Å². The molecule has 1 heteroatoms. The third kappa shape index (κ3) is 6.45. The predicted molar refractivity (Wildman–Crippen MR) is 77.2 cm³/mol. The van der Waals surface area contributed by atoms with Gasteiger partial charge in [0, 0.05) is 13.0 Å². The lowest BCUT2D eigenvalue weighted by molar-refractivity contribution is 0.00196. The smallest absolute Gasteiger partial charge is 0.0713 e. The normalized spacial score (nSPS) is 15.2. The first-order valence-corrected chi connectivity index (χ1v) is 7.54. The van der Waals surface area contributed by atoms with E-state index in [-0.39, 0.29) is 5.60 Å². The Morgan fingerprint density at radius 1 is 0.882 bits per heavy atom. The fourth-order valence-corrected chi connectivity index (χ4v) is 2.37. The minimum absolute atomic E-state index is 0.0281. The van der Waals surface area contributed by atoms with Gasteiger partial charge in [0.15, 0.2) is 0 Å². The molecule has 17 heavy (non-hydrogen) atoms. The van der Waals surface area contributed by atoms with Crippen molar-refractivity contribution in [2.45, 2.75) is 91.1 Å². The zero-order valence-corrected chi connectivity index (χ0v) is 12.8. The predicted octanol–water partition coefficient (Wildman–Crippen LogP) is 5.54. The van der Waals surface area contributed by atoms with Crippen molar-refractivity contribution >= 4 is 0 Å². The second-order valence-corrected chi connectivity index (χ2v) is 5.35. The molecule has 0 saturated heterocycles. The maximum absolute atomic E-state index is 5.86. The topological polar surface area (TPSA) is 9.23 Å². The third-order valence-electron chi connectivity index (χ3n) is 3.87. The molecule has 0 amide bonds. The minimum Gasteiger partial charge on any atom is -0.378 e. The number of hydrogen-bond donors (Lipinski definition) is 0. The van der Waals surface area contributed by atoms with Crippen molar-refractivity contribution < 1.29 is 4.74 Å². The van der Waals surface area contributed by atoms with Gasteiger partial charge in [-0.1, -0.05) is 59.3 Å². The van der Waals surface area contributed by atoms with Gasteiger partial charge in [0.1, 0.15) is 0 Å². The molecule has 0 bridgehead atoms. The molecule has 0 aliphatic heterocycles. The first-order valence-electron chi connectivity index (χ1n) is 7.54. The average Bonchev–Trinajstić information content (AvgIpc) is 2.36. The Kier molecular flexibility index (Phi) is 9.91. The van der Waals surface area contributed by atoms with Crippen LogP contribution in [0.1, 0.15) is 85.5 Å². The summed E-state index contributed by atoms with van der Waals surface area (Å²) in [7, 11) is 1.88. The Bertz CT molecular complexity index is 159. The van der Waals surface area contributed by atoms with Crippen LogP contribution < -0.4 is 0 Å². The van der Waals surface area contributed by atoms with Crippen molar-refractivity contribution in [3.8, 4) is 0 Å². The highest BCUT2D eigenvalue weighted by Gasteiger charge is 2.33. The molecule has 0 saturated carbocycles. The van der Waals surface area contributed by atoms with Gasteiger partial charge in [0.25, 0.3) is 0 Å². The molecule has 0 fully saturated rings. The Hall–Kier alpha value is -0.0400. The van der Waals surface area contributed by atoms with Gasteiger partial charge in [0.2, 0.25) is 0 Å². The quantitative estimate of drug-likeness (QED) is 0.461. The van der Waals surface area contributed by atoms with Gasteiger partial charge in [-0.25, -0.2) is 0 Å². The van der Waals surface area contributed by atoms with Gasteiger partial charge in [-0.3, -0.25) is 0 Å². The SMILES string of the molecule is CCCC[C](CCCC)C(C)(CCCC)OC. The lowest BCUT2D eigenvalue weighted by atomic mass is 9.78. The maximum atomic E-state index is 5.86. The van der Waals surface area contributed by atoms with Crippen molar-refractivity contribution in [3.63, 3.8) is 0 Å². The number of hydrogen-bond acceptors (Lipinski definition) is 1. The van der Waals surface area contributed by atoms with E-state index in [0.29, 0.717) is 0 Å². The van der Waals surface area contributed by atoms with Crippen LogP contribution >= 0.6 is 0 Å². The van der Waals surface area contributed by atoms with E-state index in [1.54, 1.807) is 5.92 Å². The molecule has 103 valence electrons. The van der Waals surface area contributed by atoms with Crippen LogP contribution in [0, 0.1) is 5.92 Å². The van der Waals surface area contributed by atoms with Gasteiger partial charge in [-0.2, -0.15) is 0 Å². The van der Waals surface area contributed by atoms with Crippen LogP contribution in [0.2, 0.25) is 0 Å². The molecule has 0 aliphatic carbocycles. The summed E-state index contributed by atoms with van der Waals surface area (Å²) in [4.78, 5) is 0. The highest BCUT2D eigenvalue weighted by atomic mass is 16.5. The highest BCUT2D eigenvalue weighted by Crippen LogP contribution is 2.36. The summed E-state index contributed by atoms with van der Waals surface area (Å²) in [5, 5.41) is 0. The summed E-state index contributed by atoms with van der Waals surface area (Å²) in [6.07, 6.45) is 11.4. The van der Waals surface area contributed by atoms with Crippen LogP contribution in [-0.2, 0) is 4.74 Å². The number of unbranched alkanes of at least 4 members (excludes halogenated alkanes) is 3. The van der Waals surface area contributed by atoms with Crippen LogP contribution in [0.4, 0.5) is 0 Å². The fraction of sp³-hybridized carbons (Fsp3) is 0.938. The zero-order chi connectivity index (χ0) is 13.1. The second-order valence-electron chi connectivity index (χ2n) is 5.35. The lowest BCUT2D eigenvalue weighted by Gasteiger charge is -2.36. The molecule has 0 aliphatic rings. The van der Waals surface area contributed by atoms with Gasteiger partial charge in [0.05, 0.1) is 5.60 Å². The highest BCUT2D eigenvalue weighted by molar-refractivity contribution is 5.06. The van der Waals surface area contributed by atoms with E-state index in [1.807, 2.05) is 7.11 Å². The number of methoxy groups -OCH3 is 1. The molecular formula is C16H33O. The van der Waals surface area contributed by atoms with Crippen molar-refractivity contribution in [1.29, 1.82) is 0 Å². The van der Waals surface area contributed by atoms with Crippen LogP contribution in [0.15, 0.2) is 0 Å². The first-order chi connectivity index (χ1) is 8.14. The monoisotopic (exact) mass is 241 g/mol. The van der Waals surface area contributed by atoms with E-state index in [2.05, 4.69) is 27.7 Å². The van der Waals surface area contributed by atoms with Crippen molar-refractivity contribution in [2.24, 2.45) is 0 Å². The molecule has 0 heterocycles. The van der Waals surface area contributed by atoms with Crippen LogP contribution in [0.5, 0.6) is 0 Å². The number of rotatable bonds is 11. The Morgan fingerprint density at radius 2 is 1.35 bits per heavy atom. The van der Waals surface area contributed by atoms with Gasteiger partial charge in [-0.05, 0) is 26.2 Å². The van der Waals surface area contributed by atoms with Crippen molar-refractivity contribution in [1.82, 2.24) is 0 Å². The van der Waals surface area contributed by atoms with Gasteiger partial charge < -0.3 is 4.74 Å². The number of ether oxygens (including phenoxy) is 1. The minimum atomic E-state index is 0.0281. The van der Waals surface area contributed by atoms with Crippen molar-refractivity contribution in [3.05, 3.63) is 5.92 Å². The van der Waals surface area contributed by atoms with Gasteiger partial charge >= 0.3 is 0 Å². The van der Waals surface area contributed by atoms with E-state index < -0.39 is 0 Å². The molecule has 0 spiro atoms. The Balaban J connectivity index is 4.44. The van der Waals surface area contributed by atoms with Crippen LogP contribution in [0.3, 0.4) is 0 Å². The van der Waals surface area contributed by atoms with Crippen LogP contribution in [0.25, 0.3) is 0 Å².